The summed E-state index contributed by atoms with van der Waals surface area (Å²) in [6, 6.07) is 0.422. The number of nitrogens with zero attached hydrogens (tertiary/aromatic N) is 2. The van der Waals surface area contributed by atoms with Gasteiger partial charge in [-0.2, -0.15) is 0 Å². The highest BCUT2D eigenvalue weighted by Gasteiger charge is 2.12. The molecule has 0 aliphatic rings. The summed E-state index contributed by atoms with van der Waals surface area (Å²) in [5.41, 5.74) is 7.11. The Morgan fingerprint density at radius 1 is 1.47 bits per heavy atom. The van der Waals surface area contributed by atoms with E-state index in [-0.39, 0.29) is 0 Å². The van der Waals surface area contributed by atoms with Gasteiger partial charge >= 0.3 is 0 Å². The highest BCUT2D eigenvalue weighted by molar-refractivity contribution is 5.01. The molecule has 0 saturated carbocycles. The first-order chi connectivity index (χ1) is 7.19. The molecule has 3 heteroatoms. The van der Waals surface area contributed by atoms with Crippen LogP contribution in [-0.2, 0) is 6.42 Å². The largest absolute Gasteiger partial charge is 0.330 e. The Balaban J connectivity index is 2.77. The molecule has 0 fully saturated rings. The summed E-state index contributed by atoms with van der Waals surface area (Å²) < 4.78 is 2.25. The topological polar surface area (TPSA) is 43.8 Å². The van der Waals surface area contributed by atoms with Gasteiger partial charge in [0.05, 0.1) is 6.33 Å². The van der Waals surface area contributed by atoms with E-state index in [4.69, 9.17) is 5.73 Å². The van der Waals surface area contributed by atoms with Crippen LogP contribution in [0.25, 0.3) is 0 Å². The van der Waals surface area contributed by atoms with E-state index in [9.17, 15) is 0 Å². The molecule has 0 aliphatic heterocycles. The molecule has 0 saturated heterocycles. The smallest absolute Gasteiger partial charge is 0.0951 e. The van der Waals surface area contributed by atoms with Crippen LogP contribution in [0.4, 0.5) is 0 Å². The Kier molecular flexibility index (Phi) is 4.82. The maximum Gasteiger partial charge on any atom is 0.0951 e. The van der Waals surface area contributed by atoms with Gasteiger partial charge in [-0.15, -0.1) is 0 Å². The van der Waals surface area contributed by atoms with Crippen LogP contribution >= 0.6 is 0 Å². The maximum absolute atomic E-state index is 5.80. The first-order valence-electron chi connectivity index (χ1n) is 5.89. The van der Waals surface area contributed by atoms with Gasteiger partial charge in [0.2, 0.25) is 0 Å². The molecule has 86 valence electrons. The molecule has 0 aromatic carbocycles. The predicted molar refractivity (Wildman–Crippen MR) is 63.8 cm³/mol. The van der Waals surface area contributed by atoms with Crippen LogP contribution in [0, 0.1) is 5.92 Å². The Labute approximate surface area is 92.7 Å². The van der Waals surface area contributed by atoms with Gasteiger partial charge in [-0.1, -0.05) is 27.2 Å². The van der Waals surface area contributed by atoms with Crippen molar-refractivity contribution in [3.63, 3.8) is 0 Å². The molecule has 1 atom stereocenters. The van der Waals surface area contributed by atoms with E-state index in [2.05, 4.69) is 30.3 Å². The fourth-order valence-electron chi connectivity index (χ4n) is 1.94. The second-order valence-corrected chi connectivity index (χ2v) is 4.57. The van der Waals surface area contributed by atoms with Gasteiger partial charge in [-0.25, -0.2) is 4.98 Å². The van der Waals surface area contributed by atoms with Crippen LogP contribution in [0.15, 0.2) is 12.5 Å². The standard InChI is InChI=1S/C12H23N3/c1-4-5-11(7-13)15-9-14-8-12(15)6-10(2)3/h8-11H,4-7,13H2,1-3H3. The lowest BCUT2D eigenvalue weighted by Crippen LogP contribution is -2.20. The zero-order chi connectivity index (χ0) is 11.3. The molecule has 1 aromatic heterocycles. The Hall–Kier alpha value is -0.830. The average molecular weight is 209 g/mol. The fraction of sp³-hybridized carbons (Fsp3) is 0.750. The molecule has 0 bridgehead atoms. The van der Waals surface area contributed by atoms with Crippen molar-refractivity contribution in [2.24, 2.45) is 11.7 Å². The Morgan fingerprint density at radius 2 is 2.20 bits per heavy atom. The lowest BCUT2D eigenvalue weighted by atomic mass is 10.1. The summed E-state index contributed by atoms with van der Waals surface area (Å²) in [4.78, 5) is 4.23. The molecule has 15 heavy (non-hydrogen) atoms. The van der Waals surface area contributed by atoms with E-state index >= 15 is 0 Å². The van der Waals surface area contributed by atoms with E-state index in [1.54, 1.807) is 0 Å². The van der Waals surface area contributed by atoms with Crippen molar-refractivity contribution >= 4 is 0 Å². The predicted octanol–water partition coefficient (Wildman–Crippen LogP) is 2.38. The Bertz CT molecular complexity index is 278. The van der Waals surface area contributed by atoms with E-state index in [0.717, 1.165) is 12.8 Å². The lowest BCUT2D eigenvalue weighted by molar-refractivity contribution is 0.447. The molecular formula is C12H23N3. The maximum atomic E-state index is 5.80. The number of aromatic nitrogens is 2. The minimum atomic E-state index is 0.422. The van der Waals surface area contributed by atoms with Crippen molar-refractivity contribution in [3.05, 3.63) is 18.2 Å². The third kappa shape index (κ3) is 3.34. The van der Waals surface area contributed by atoms with Gasteiger partial charge < -0.3 is 10.3 Å². The SMILES string of the molecule is CCCC(CN)n1cncc1CC(C)C. The van der Waals surface area contributed by atoms with E-state index < -0.39 is 0 Å². The minimum Gasteiger partial charge on any atom is -0.330 e. The summed E-state index contributed by atoms with van der Waals surface area (Å²) >= 11 is 0. The van der Waals surface area contributed by atoms with E-state index in [1.165, 1.54) is 12.1 Å². The van der Waals surface area contributed by atoms with Crippen molar-refractivity contribution in [1.29, 1.82) is 0 Å². The molecule has 0 amide bonds. The molecule has 1 unspecified atom stereocenters. The normalized spacial score (nSPS) is 13.4. The second-order valence-electron chi connectivity index (χ2n) is 4.57. The third-order valence-electron chi connectivity index (χ3n) is 2.65. The minimum absolute atomic E-state index is 0.422. The molecule has 0 radical (unpaired) electrons. The van der Waals surface area contributed by atoms with Gasteiger partial charge in [0.15, 0.2) is 0 Å². The highest BCUT2D eigenvalue weighted by Crippen LogP contribution is 2.17. The Morgan fingerprint density at radius 3 is 2.73 bits per heavy atom. The lowest BCUT2D eigenvalue weighted by Gasteiger charge is -2.19. The van der Waals surface area contributed by atoms with Crippen LogP contribution < -0.4 is 5.73 Å². The molecule has 1 heterocycles. The van der Waals surface area contributed by atoms with Gasteiger partial charge in [-0.3, -0.25) is 0 Å². The van der Waals surface area contributed by atoms with Crippen molar-refractivity contribution in [3.8, 4) is 0 Å². The highest BCUT2D eigenvalue weighted by atomic mass is 15.1. The number of imidazole rings is 1. The van der Waals surface area contributed by atoms with E-state index in [0.29, 0.717) is 18.5 Å². The van der Waals surface area contributed by atoms with Gasteiger partial charge in [0, 0.05) is 24.5 Å². The van der Waals surface area contributed by atoms with Crippen LogP contribution in [0.1, 0.15) is 45.3 Å². The summed E-state index contributed by atoms with van der Waals surface area (Å²) in [6.07, 6.45) is 7.28. The molecular weight excluding hydrogens is 186 g/mol. The molecule has 0 spiro atoms. The number of rotatable bonds is 6. The van der Waals surface area contributed by atoms with Crippen molar-refractivity contribution < 1.29 is 0 Å². The van der Waals surface area contributed by atoms with Crippen LogP contribution in [0.3, 0.4) is 0 Å². The summed E-state index contributed by atoms with van der Waals surface area (Å²) in [5, 5.41) is 0. The van der Waals surface area contributed by atoms with E-state index in [1.807, 2.05) is 12.5 Å². The van der Waals surface area contributed by atoms with Crippen LogP contribution in [-0.4, -0.2) is 16.1 Å². The zero-order valence-electron chi connectivity index (χ0n) is 10.1. The zero-order valence-corrected chi connectivity index (χ0v) is 10.1. The molecule has 2 N–H and O–H groups in total. The van der Waals surface area contributed by atoms with Gasteiger partial charge in [-0.05, 0) is 18.8 Å². The van der Waals surface area contributed by atoms with Crippen molar-refractivity contribution in [1.82, 2.24) is 9.55 Å². The van der Waals surface area contributed by atoms with Crippen molar-refractivity contribution in [2.45, 2.75) is 46.1 Å². The number of nitrogens with two attached hydrogens (primary N) is 1. The molecule has 1 aromatic rings. The monoisotopic (exact) mass is 209 g/mol. The summed E-state index contributed by atoms with van der Waals surface area (Å²) in [5.74, 6) is 0.667. The number of hydrogen-bond donors (Lipinski definition) is 1. The van der Waals surface area contributed by atoms with Gasteiger partial charge in [0.1, 0.15) is 0 Å². The first kappa shape index (κ1) is 12.2. The number of hydrogen-bond acceptors (Lipinski definition) is 2. The molecule has 0 aliphatic carbocycles. The summed E-state index contributed by atoms with van der Waals surface area (Å²) in [7, 11) is 0. The quantitative estimate of drug-likeness (QED) is 0.781. The second kappa shape index (κ2) is 5.91. The molecule has 1 rings (SSSR count). The van der Waals surface area contributed by atoms with Gasteiger partial charge in [0.25, 0.3) is 0 Å². The third-order valence-corrected chi connectivity index (χ3v) is 2.65. The van der Waals surface area contributed by atoms with Crippen LogP contribution in [0.5, 0.6) is 0 Å². The summed E-state index contributed by atoms with van der Waals surface area (Å²) in [6.45, 7) is 7.36. The van der Waals surface area contributed by atoms with Crippen LogP contribution in [0.2, 0.25) is 0 Å². The van der Waals surface area contributed by atoms with Crippen molar-refractivity contribution in [2.75, 3.05) is 6.54 Å². The fourth-order valence-corrected chi connectivity index (χ4v) is 1.94. The first-order valence-corrected chi connectivity index (χ1v) is 5.89. The average Bonchev–Trinajstić information content (AvgIpc) is 2.61. The molecule has 3 nitrogen and oxygen atoms in total.